The first-order valence-corrected chi connectivity index (χ1v) is 14.4. The maximum absolute atomic E-state index is 6.45. The van der Waals surface area contributed by atoms with Crippen molar-refractivity contribution >= 4 is 54.3 Å². The van der Waals surface area contributed by atoms with Gasteiger partial charge in [0.15, 0.2) is 11.4 Å². The maximum atomic E-state index is 6.45. The third kappa shape index (κ3) is 3.88. The Morgan fingerprint density at radius 1 is 0.419 bits per heavy atom. The molecule has 0 N–H and O–H groups in total. The molecular weight excluding hydrogens is 526 g/mol. The molecule has 2 aromatic heterocycles. The van der Waals surface area contributed by atoms with E-state index in [1.807, 2.05) is 48.5 Å². The summed E-state index contributed by atoms with van der Waals surface area (Å²) in [6, 6.07) is 48.1. The Kier molecular flexibility index (Phi) is 5.16. The number of fused-ring (bicyclic) bond motifs is 7. The van der Waals surface area contributed by atoms with E-state index in [9.17, 15) is 0 Å². The van der Waals surface area contributed by atoms with E-state index in [4.69, 9.17) is 19.4 Å². The van der Waals surface area contributed by atoms with Gasteiger partial charge < -0.3 is 4.42 Å². The summed E-state index contributed by atoms with van der Waals surface area (Å²) in [6.07, 6.45) is 0. The largest absolute Gasteiger partial charge is 0.435 e. The molecule has 0 amide bonds. The van der Waals surface area contributed by atoms with Gasteiger partial charge in [0, 0.05) is 27.5 Å². The van der Waals surface area contributed by atoms with Gasteiger partial charge in [-0.1, -0.05) is 103 Å². The minimum atomic E-state index is 0.620. The van der Waals surface area contributed by atoms with E-state index in [-0.39, 0.29) is 0 Å². The van der Waals surface area contributed by atoms with Crippen molar-refractivity contribution in [3.05, 3.63) is 140 Å². The second kappa shape index (κ2) is 9.33. The fraction of sp³-hybridized carbons (Fsp3) is 0. The van der Waals surface area contributed by atoms with Crippen LogP contribution in [-0.2, 0) is 0 Å². The van der Waals surface area contributed by atoms with Crippen LogP contribution < -0.4 is 0 Å². The molecule has 0 radical (unpaired) electrons. The number of nitrogens with zero attached hydrogens (tertiary/aromatic N) is 3. The van der Waals surface area contributed by atoms with Crippen molar-refractivity contribution in [2.75, 3.05) is 0 Å². The van der Waals surface area contributed by atoms with Crippen LogP contribution >= 0.6 is 0 Å². The minimum Gasteiger partial charge on any atom is -0.435 e. The molecule has 0 bridgehead atoms. The SMILES string of the molecule is c1ccc(-c2nc3ccc4ccc5ccc(-c6nc(-c7ccc8ccccc8c7)c7ccccc7n6)cc5c4c3o2)cc1. The molecule has 7 aromatic carbocycles. The van der Waals surface area contributed by atoms with Gasteiger partial charge in [-0.25, -0.2) is 15.0 Å². The molecule has 0 spiro atoms. The second-order valence-corrected chi connectivity index (χ2v) is 10.9. The molecule has 0 fully saturated rings. The number of para-hydroxylation sites is 1. The normalized spacial score (nSPS) is 11.7. The van der Waals surface area contributed by atoms with Gasteiger partial charge in [-0.15, -0.1) is 0 Å². The first kappa shape index (κ1) is 23.8. The molecule has 0 aliphatic rings. The van der Waals surface area contributed by atoms with Gasteiger partial charge in [0.05, 0.1) is 11.2 Å². The van der Waals surface area contributed by atoms with E-state index in [2.05, 4.69) is 91.0 Å². The molecule has 200 valence electrons. The Labute approximate surface area is 246 Å². The summed E-state index contributed by atoms with van der Waals surface area (Å²) in [6.45, 7) is 0. The molecule has 0 aliphatic heterocycles. The Balaban J connectivity index is 1.27. The molecular formula is C39H23N3O. The van der Waals surface area contributed by atoms with Gasteiger partial charge in [-0.05, 0) is 63.3 Å². The molecule has 9 aromatic rings. The fourth-order valence-corrected chi connectivity index (χ4v) is 6.13. The lowest BCUT2D eigenvalue weighted by Gasteiger charge is -2.11. The monoisotopic (exact) mass is 549 g/mol. The zero-order chi connectivity index (χ0) is 28.3. The predicted molar refractivity (Wildman–Crippen MR) is 176 cm³/mol. The highest BCUT2D eigenvalue weighted by atomic mass is 16.3. The highest BCUT2D eigenvalue weighted by molar-refractivity contribution is 6.18. The van der Waals surface area contributed by atoms with Gasteiger partial charge in [-0.2, -0.15) is 0 Å². The van der Waals surface area contributed by atoms with Crippen molar-refractivity contribution in [2.45, 2.75) is 0 Å². The zero-order valence-corrected chi connectivity index (χ0v) is 23.0. The van der Waals surface area contributed by atoms with Gasteiger partial charge in [0.25, 0.3) is 0 Å². The Bertz CT molecular complexity index is 2510. The van der Waals surface area contributed by atoms with Crippen molar-refractivity contribution in [2.24, 2.45) is 0 Å². The molecule has 9 rings (SSSR count). The first-order chi connectivity index (χ1) is 21.3. The Morgan fingerprint density at radius 3 is 2.07 bits per heavy atom. The average Bonchev–Trinajstić information content (AvgIpc) is 3.52. The van der Waals surface area contributed by atoms with Crippen LogP contribution in [0.1, 0.15) is 0 Å². The minimum absolute atomic E-state index is 0.620. The molecule has 0 saturated heterocycles. The summed E-state index contributed by atoms with van der Waals surface area (Å²) in [5, 5.41) is 7.78. The van der Waals surface area contributed by atoms with Gasteiger partial charge in [-0.3, -0.25) is 0 Å². The fourth-order valence-electron chi connectivity index (χ4n) is 6.13. The Hall–Kier alpha value is -5.87. The molecule has 0 aliphatic carbocycles. The second-order valence-electron chi connectivity index (χ2n) is 10.9. The number of hydrogen-bond donors (Lipinski definition) is 0. The third-order valence-electron chi connectivity index (χ3n) is 8.26. The lowest BCUT2D eigenvalue weighted by Crippen LogP contribution is -1.95. The lowest BCUT2D eigenvalue weighted by molar-refractivity contribution is 0.623. The topological polar surface area (TPSA) is 51.8 Å². The molecule has 0 atom stereocenters. The van der Waals surface area contributed by atoms with Gasteiger partial charge in [0.1, 0.15) is 5.52 Å². The number of oxazole rings is 1. The summed E-state index contributed by atoms with van der Waals surface area (Å²) in [5.74, 6) is 1.31. The van der Waals surface area contributed by atoms with Crippen LogP contribution in [0.25, 0.3) is 88.4 Å². The predicted octanol–water partition coefficient (Wildman–Crippen LogP) is 10.2. The maximum Gasteiger partial charge on any atom is 0.227 e. The Morgan fingerprint density at radius 2 is 1.14 bits per heavy atom. The van der Waals surface area contributed by atoms with Crippen LogP contribution in [0, 0.1) is 0 Å². The third-order valence-corrected chi connectivity index (χ3v) is 8.26. The molecule has 4 nitrogen and oxygen atoms in total. The highest BCUT2D eigenvalue weighted by Gasteiger charge is 2.16. The zero-order valence-electron chi connectivity index (χ0n) is 23.0. The number of benzene rings is 7. The number of aromatic nitrogens is 3. The van der Waals surface area contributed by atoms with Crippen LogP contribution in [0.5, 0.6) is 0 Å². The van der Waals surface area contributed by atoms with Crippen LogP contribution in [0.15, 0.2) is 144 Å². The summed E-state index contributed by atoms with van der Waals surface area (Å²) in [5.41, 5.74) is 6.45. The van der Waals surface area contributed by atoms with Gasteiger partial charge >= 0.3 is 0 Å². The van der Waals surface area contributed by atoms with E-state index in [1.165, 1.54) is 10.8 Å². The first-order valence-electron chi connectivity index (χ1n) is 14.4. The van der Waals surface area contributed by atoms with Crippen LogP contribution in [0.3, 0.4) is 0 Å². The van der Waals surface area contributed by atoms with Crippen LogP contribution in [-0.4, -0.2) is 15.0 Å². The number of rotatable bonds is 3. The summed E-state index contributed by atoms with van der Waals surface area (Å²) in [7, 11) is 0. The molecule has 0 unspecified atom stereocenters. The van der Waals surface area contributed by atoms with Crippen molar-refractivity contribution in [1.29, 1.82) is 0 Å². The smallest absolute Gasteiger partial charge is 0.227 e. The van der Waals surface area contributed by atoms with Crippen molar-refractivity contribution in [3.63, 3.8) is 0 Å². The van der Waals surface area contributed by atoms with Crippen LogP contribution in [0.2, 0.25) is 0 Å². The van der Waals surface area contributed by atoms with E-state index in [1.54, 1.807) is 0 Å². The van der Waals surface area contributed by atoms with Crippen molar-refractivity contribution < 1.29 is 4.42 Å². The lowest BCUT2D eigenvalue weighted by atomic mass is 9.98. The average molecular weight is 550 g/mol. The van der Waals surface area contributed by atoms with Crippen molar-refractivity contribution in [3.8, 4) is 34.1 Å². The number of hydrogen-bond acceptors (Lipinski definition) is 4. The van der Waals surface area contributed by atoms with E-state index in [0.29, 0.717) is 11.7 Å². The van der Waals surface area contributed by atoms with E-state index in [0.717, 1.165) is 65.9 Å². The van der Waals surface area contributed by atoms with Crippen molar-refractivity contribution in [1.82, 2.24) is 15.0 Å². The van der Waals surface area contributed by atoms with E-state index >= 15 is 0 Å². The molecule has 2 heterocycles. The molecule has 4 heteroatoms. The highest BCUT2D eigenvalue weighted by Crippen LogP contribution is 2.37. The van der Waals surface area contributed by atoms with Gasteiger partial charge in [0.2, 0.25) is 5.89 Å². The van der Waals surface area contributed by atoms with E-state index < -0.39 is 0 Å². The summed E-state index contributed by atoms with van der Waals surface area (Å²) < 4.78 is 6.45. The van der Waals surface area contributed by atoms with Crippen LogP contribution in [0.4, 0.5) is 0 Å². The standard InChI is InChI=1S/C39H23N3O/c1-2-9-27(10-3-1)39-41-34-21-20-26-17-15-25-16-19-30(23-32(25)35(26)37(34)43-39)38-40-33-13-7-6-12-31(33)36(42-38)29-18-14-24-8-4-5-11-28(24)22-29/h1-23H. The quantitative estimate of drug-likeness (QED) is 0.206. The molecule has 43 heavy (non-hydrogen) atoms. The summed E-state index contributed by atoms with van der Waals surface area (Å²) >= 11 is 0. The molecule has 0 saturated carbocycles. The summed E-state index contributed by atoms with van der Waals surface area (Å²) in [4.78, 5) is 15.1.